The summed E-state index contributed by atoms with van der Waals surface area (Å²) >= 11 is 0. The number of nitrogens with one attached hydrogen (secondary N) is 3. The van der Waals surface area contributed by atoms with Crippen LogP contribution in [0.2, 0.25) is 0 Å². The molecular weight excluding hydrogens is 338 g/mol. The molecule has 1 aliphatic carbocycles. The number of benzene rings is 2. The van der Waals surface area contributed by atoms with Crippen LogP contribution in [0.15, 0.2) is 54.6 Å². The van der Waals surface area contributed by atoms with Gasteiger partial charge in [0.2, 0.25) is 5.91 Å². The molecule has 0 unspecified atom stereocenters. The van der Waals surface area contributed by atoms with E-state index in [0.717, 1.165) is 18.4 Å². The highest BCUT2D eigenvalue weighted by Gasteiger charge is 2.14. The molecule has 0 bridgehead atoms. The second kappa shape index (κ2) is 9.88. The third-order valence-corrected chi connectivity index (χ3v) is 4.86. The van der Waals surface area contributed by atoms with Crippen molar-refractivity contribution >= 4 is 17.5 Å². The molecule has 1 aliphatic rings. The molecule has 3 N–H and O–H groups in total. The van der Waals surface area contributed by atoms with Crippen molar-refractivity contribution in [1.82, 2.24) is 10.6 Å². The molecule has 2 aromatic carbocycles. The van der Waals surface area contributed by atoms with Crippen LogP contribution in [0.4, 0.5) is 5.69 Å². The summed E-state index contributed by atoms with van der Waals surface area (Å²) in [4.78, 5) is 24.5. The van der Waals surface area contributed by atoms with Crippen LogP contribution in [0, 0.1) is 0 Å². The minimum Gasteiger partial charge on any atom is -0.348 e. The van der Waals surface area contributed by atoms with Crippen molar-refractivity contribution in [2.45, 2.75) is 44.7 Å². The highest BCUT2D eigenvalue weighted by atomic mass is 16.2. The molecule has 2 aromatic rings. The predicted molar refractivity (Wildman–Crippen MR) is 108 cm³/mol. The molecule has 1 saturated carbocycles. The number of amides is 2. The second-order valence-corrected chi connectivity index (χ2v) is 7.01. The number of carbonyl (C=O) groups excluding carboxylic acids is 2. The van der Waals surface area contributed by atoms with Crippen molar-refractivity contribution in [2.75, 3.05) is 11.9 Å². The number of hydrogen-bond donors (Lipinski definition) is 3. The van der Waals surface area contributed by atoms with Crippen LogP contribution < -0.4 is 16.0 Å². The molecule has 1 fully saturated rings. The summed E-state index contributed by atoms with van der Waals surface area (Å²) in [6, 6.07) is 17.2. The first-order valence-corrected chi connectivity index (χ1v) is 9.66. The summed E-state index contributed by atoms with van der Waals surface area (Å²) in [6.07, 6.45) is 6.05. The summed E-state index contributed by atoms with van der Waals surface area (Å²) < 4.78 is 0. The Hall–Kier alpha value is -2.66. The van der Waals surface area contributed by atoms with Crippen LogP contribution in [-0.2, 0) is 11.3 Å². The molecule has 0 heterocycles. The molecule has 0 aromatic heterocycles. The van der Waals surface area contributed by atoms with E-state index in [1.54, 1.807) is 24.3 Å². The fraction of sp³-hybridized carbons (Fsp3) is 0.364. The lowest BCUT2D eigenvalue weighted by Crippen LogP contribution is -2.37. The first-order chi connectivity index (χ1) is 13.2. The Morgan fingerprint density at radius 2 is 1.70 bits per heavy atom. The summed E-state index contributed by atoms with van der Waals surface area (Å²) in [5.74, 6) is -0.238. The molecule has 0 radical (unpaired) electrons. The van der Waals surface area contributed by atoms with Crippen LogP contribution in [0.5, 0.6) is 0 Å². The van der Waals surface area contributed by atoms with Crippen molar-refractivity contribution in [1.29, 1.82) is 0 Å². The van der Waals surface area contributed by atoms with Gasteiger partial charge in [0, 0.05) is 23.8 Å². The van der Waals surface area contributed by atoms with Crippen LogP contribution in [0.3, 0.4) is 0 Å². The van der Waals surface area contributed by atoms with Gasteiger partial charge in [-0.05, 0) is 36.6 Å². The van der Waals surface area contributed by atoms with Crippen LogP contribution in [-0.4, -0.2) is 24.4 Å². The van der Waals surface area contributed by atoms with E-state index in [2.05, 4.69) is 16.0 Å². The van der Waals surface area contributed by atoms with Crippen LogP contribution in [0.25, 0.3) is 0 Å². The SMILES string of the molecule is O=C(CNC1CCCCC1)Nc1cccc(C(=O)NCc2ccccc2)c1. The fourth-order valence-electron chi connectivity index (χ4n) is 3.37. The number of anilines is 1. The van der Waals surface area contributed by atoms with E-state index in [-0.39, 0.29) is 11.8 Å². The maximum atomic E-state index is 12.4. The van der Waals surface area contributed by atoms with Gasteiger partial charge in [0.1, 0.15) is 0 Å². The minimum atomic E-state index is -0.157. The van der Waals surface area contributed by atoms with Gasteiger partial charge in [0.25, 0.3) is 5.91 Å². The normalized spacial score (nSPS) is 14.5. The second-order valence-electron chi connectivity index (χ2n) is 7.01. The van der Waals surface area contributed by atoms with E-state index in [4.69, 9.17) is 0 Å². The van der Waals surface area contributed by atoms with Gasteiger partial charge in [0.15, 0.2) is 0 Å². The topological polar surface area (TPSA) is 70.2 Å². The van der Waals surface area contributed by atoms with Crippen molar-refractivity contribution in [3.63, 3.8) is 0 Å². The van der Waals surface area contributed by atoms with E-state index < -0.39 is 0 Å². The summed E-state index contributed by atoms with van der Waals surface area (Å²) in [5.41, 5.74) is 2.21. The summed E-state index contributed by atoms with van der Waals surface area (Å²) in [5, 5.41) is 9.10. The van der Waals surface area contributed by atoms with Gasteiger partial charge in [0.05, 0.1) is 6.54 Å². The van der Waals surface area contributed by atoms with E-state index in [1.165, 1.54) is 19.3 Å². The van der Waals surface area contributed by atoms with E-state index >= 15 is 0 Å². The van der Waals surface area contributed by atoms with Gasteiger partial charge >= 0.3 is 0 Å². The van der Waals surface area contributed by atoms with E-state index in [0.29, 0.717) is 30.4 Å². The Kier molecular flexibility index (Phi) is 6.99. The Morgan fingerprint density at radius 1 is 0.926 bits per heavy atom. The molecule has 0 atom stereocenters. The third-order valence-electron chi connectivity index (χ3n) is 4.86. The Labute approximate surface area is 160 Å². The lowest BCUT2D eigenvalue weighted by Gasteiger charge is -2.22. The molecule has 0 saturated heterocycles. The minimum absolute atomic E-state index is 0.0811. The lowest BCUT2D eigenvalue weighted by atomic mass is 9.95. The number of carbonyl (C=O) groups is 2. The zero-order valence-electron chi connectivity index (χ0n) is 15.5. The van der Waals surface area contributed by atoms with Crippen molar-refractivity contribution in [3.8, 4) is 0 Å². The van der Waals surface area contributed by atoms with Crippen LogP contribution in [0.1, 0.15) is 48.0 Å². The zero-order valence-corrected chi connectivity index (χ0v) is 15.5. The van der Waals surface area contributed by atoms with E-state index in [1.807, 2.05) is 30.3 Å². The van der Waals surface area contributed by atoms with Crippen LogP contribution >= 0.6 is 0 Å². The maximum absolute atomic E-state index is 12.4. The summed E-state index contributed by atoms with van der Waals surface area (Å²) in [6.45, 7) is 0.774. The largest absolute Gasteiger partial charge is 0.348 e. The summed E-state index contributed by atoms with van der Waals surface area (Å²) in [7, 11) is 0. The first-order valence-electron chi connectivity index (χ1n) is 9.66. The Balaban J connectivity index is 1.48. The van der Waals surface area contributed by atoms with Crippen molar-refractivity contribution in [3.05, 3.63) is 65.7 Å². The molecule has 0 aliphatic heterocycles. The predicted octanol–water partition coefficient (Wildman–Crippen LogP) is 3.48. The molecular formula is C22H27N3O2. The van der Waals surface area contributed by atoms with Crippen molar-refractivity contribution in [2.24, 2.45) is 0 Å². The molecule has 142 valence electrons. The molecule has 0 spiro atoms. The average molecular weight is 365 g/mol. The maximum Gasteiger partial charge on any atom is 0.251 e. The number of rotatable bonds is 7. The van der Waals surface area contributed by atoms with Gasteiger partial charge in [-0.3, -0.25) is 9.59 Å². The first kappa shape index (κ1) is 19.1. The van der Waals surface area contributed by atoms with Gasteiger partial charge < -0.3 is 16.0 Å². The zero-order chi connectivity index (χ0) is 18.9. The third kappa shape index (κ3) is 6.22. The van der Waals surface area contributed by atoms with Gasteiger partial charge in [-0.2, -0.15) is 0 Å². The molecule has 3 rings (SSSR count). The molecule has 5 heteroatoms. The Bertz CT molecular complexity index is 755. The quantitative estimate of drug-likeness (QED) is 0.703. The Morgan fingerprint density at radius 3 is 2.48 bits per heavy atom. The fourth-order valence-corrected chi connectivity index (χ4v) is 3.37. The number of hydrogen-bond acceptors (Lipinski definition) is 3. The van der Waals surface area contributed by atoms with Gasteiger partial charge in [-0.1, -0.05) is 55.7 Å². The molecule has 27 heavy (non-hydrogen) atoms. The highest BCUT2D eigenvalue weighted by molar-refractivity contribution is 5.97. The monoisotopic (exact) mass is 365 g/mol. The lowest BCUT2D eigenvalue weighted by molar-refractivity contribution is -0.115. The van der Waals surface area contributed by atoms with Gasteiger partial charge in [-0.25, -0.2) is 0 Å². The van der Waals surface area contributed by atoms with Gasteiger partial charge in [-0.15, -0.1) is 0 Å². The standard InChI is InChI=1S/C22H27N3O2/c26-21(16-23-19-11-5-2-6-12-19)25-20-13-7-10-18(14-20)22(27)24-15-17-8-3-1-4-9-17/h1,3-4,7-10,13-14,19,23H,2,5-6,11-12,15-16H2,(H,24,27)(H,25,26). The molecule has 5 nitrogen and oxygen atoms in total. The van der Waals surface area contributed by atoms with E-state index in [9.17, 15) is 9.59 Å². The molecule has 2 amide bonds. The highest BCUT2D eigenvalue weighted by Crippen LogP contribution is 2.17. The average Bonchev–Trinajstić information content (AvgIpc) is 2.72. The van der Waals surface area contributed by atoms with Crippen molar-refractivity contribution < 1.29 is 9.59 Å². The smallest absolute Gasteiger partial charge is 0.251 e.